The number of thiazole rings is 1. The Balaban J connectivity index is 2.61. The summed E-state index contributed by atoms with van der Waals surface area (Å²) >= 11 is 3.88. The molecule has 0 aliphatic carbocycles. The van der Waals surface area contributed by atoms with Gasteiger partial charge in [-0.05, 0) is 29.5 Å². The predicted molar refractivity (Wildman–Crippen MR) is 88.7 cm³/mol. The number of hydrogen-bond acceptors (Lipinski definition) is 5. The van der Waals surface area contributed by atoms with E-state index < -0.39 is 0 Å². The maximum Gasteiger partial charge on any atom is 0.191 e. The Morgan fingerprint density at radius 3 is 2.58 bits per heavy atom. The lowest BCUT2D eigenvalue weighted by Crippen LogP contribution is -2.19. The van der Waals surface area contributed by atoms with Gasteiger partial charge in [-0.3, -0.25) is 0 Å². The molecule has 0 aliphatic heterocycles. The van der Waals surface area contributed by atoms with Crippen molar-refractivity contribution in [1.82, 2.24) is 15.0 Å². The number of nitrogens with zero attached hydrogens (tertiary/aromatic N) is 3. The van der Waals surface area contributed by atoms with Gasteiger partial charge < -0.3 is 5.32 Å². The molecule has 0 radical (unpaired) electrons. The molecule has 0 bridgehead atoms. The maximum atomic E-state index is 4.72. The molecule has 0 atom stereocenters. The Kier molecular flexibility index (Phi) is 4.39. The van der Waals surface area contributed by atoms with Crippen molar-refractivity contribution in [1.29, 1.82) is 0 Å². The van der Waals surface area contributed by atoms with E-state index in [4.69, 9.17) is 4.98 Å². The second kappa shape index (κ2) is 5.70. The van der Waals surface area contributed by atoms with E-state index in [1.54, 1.807) is 17.5 Å². The number of nitrogens with one attached hydrogen (secondary N) is 1. The van der Waals surface area contributed by atoms with Crippen LogP contribution in [-0.2, 0) is 5.41 Å². The van der Waals surface area contributed by atoms with E-state index in [-0.39, 0.29) is 5.41 Å². The Morgan fingerprint density at radius 1 is 1.32 bits per heavy atom. The lowest BCUT2D eigenvalue weighted by molar-refractivity contribution is 0.564. The monoisotopic (exact) mass is 388 g/mol. The summed E-state index contributed by atoms with van der Waals surface area (Å²) in [6.07, 6.45) is 1.78. The highest BCUT2D eigenvalue weighted by Crippen LogP contribution is 2.31. The third-order valence-corrected chi connectivity index (χ3v) is 4.32. The van der Waals surface area contributed by atoms with Crippen molar-refractivity contribution < 1.29 is 0 Å². The summed E-state index contributed by atoms with van der Waals surface area (Å²) in [5.74, 6) is 1.60. The molecule has 0 aliphatic rings. The molecule has 19 heavy (non-hydrogen) atoms. The third kappa shape index (κ3) is 3.22. The van der Waals surface area contributed by atoms with Gasteiger partial charge in [-0.2, -0.15) is 0 Å². The highest BCUT2D eigenvalue weighted by molar-refractivity contribution is 14.1. The van der Waals surface area contributed by atoms with Crippen LogP contribution in [0.2, 0.25) is 0 Å². The van der Waals surface area contributed by atoms with E-state index in [1.807, 2.05) is 5.38 Å². The topological polar surface area (TPSA) is 50.7 Å². The molecule has 0 aromatic carbocycles. The average Bonchev–Trinajstić information content (AvgIpc) is 2.84. The first-order chi connectivity index (χ1) is 8.93. The first-order valence-corrected chi connectivity index (χ1v) is 8.11. The molecule has 2 aromatic rings. The number of anilines is 1. The minimum atomic E-state index is -0.0182. The molecule has 102 valence electrons. The SMILES string of the molecule is CCNc1nc(-c2nccs2)nc(C(C)(C)C)c1I. The summed E-state index contributed by atoms with van der Waals surface area (Å²) < 4.78 is 1.09. The molecule has 0 fully saturated rings. The van der Waals surface area contributed by atoms with E-state index in [1.165, 1.54) is 0 Å². The van der Waals surface area contributed by atoms with Gasteiger partial charge in [-0.25, -0.2) is 15.0 Å². The van der Waals surface area contributed by atoms with Crippen LogP contribution in [0.3, 0.4) is 0 Å². The Morgan fingerprint density at radius 2 is 2.05 bits per heavy atom. The molecular formula is C13H17IN4S. The molecule has 1 N–H and O–H groups in total. The molecule has 0 spiro atoms. The van der Waals surface area contributed by atoms with Crippen LogP contribution < -0.4 is 5.32 Å². The van der Waals surface area contributed by atoms with Gasteiger partial charge in [0, 0.05) is 23.5 Å². The lowest BCUT2D eigenvalue weighted by atomic mass is 9.92. The van der Waals surface area contributed by atoms with Gasteiger partial charge in [0.15, 0.2) is 10.8 Å². The molecule has 0 saturated heterocycles. The first-order valence-electron chi connectivity index (χ1n) is 6.15. The van der Waals surface area contributed by atoms with Gasteiger partial charge in [0.2, 0.25) is 0 Å². The van der Waals surface area contributed by atoms with Gasteiger partial charge in [0.1, 0.15) is 5.82 Å². The van der Waals surface area contributed by atoms with Gasteiger partial charge in [0.25, 0.3) is 0 Å². The van der Waals surface area contributed by atoms with E-state index in [0.29, 0.717) is 5.82 Å². The number of aromatic nitrogens is 3. The van der Waals surface area contributed by atoms with Crippen molar-refractivity contribution in [2.75, 3.05) is 11.9 Å². The highest BCUT2D eigenvalue weighted by Gasteiger charge is 2.23. The smallest absolute Gasteiger partial charge is 0.191 e. The number of hydrogen-bond donors (Lipinski definition) is 1. The van der Waals surface area contributed by atoms with Crippen LogP contribution in [0.4, 0.5) is 5.82 Å². The van der Waals surface area contributed by atoms with Crippen LogP contribution in [0, 0.1) is 3.57 Å². The highest BCUT2D eigenvalue weighted by atomic mass is 127. The molecule has 6 heteroatoms. The standard InChI is InChI=1S/C13H17IN4S/c1-5-15-10-8(14)9(13(2,3)4)17-11(18-10)12-16-6-7-19-12/h6-7H,5H2,1-4H3,(H,15,17,18). The van der Waals surface area contributed by atoms with Crippen LogP contribution >= 0.6 is 33.9 Å². The fraction of sp³-hybridized carbons (Fsp3) is 0.462. The van der Waals surface area contributed by atoms with Crippen LogP contribution in [0.1, 0.15) is 33.4 Å². The van der Waals surface area contributed by atoms with Crippen LogP contribution in [0.25, 0.3) is 10.8 Å². The van der Waals surface area contributed by atoms with E-state index in [0.717, 1.165) is 26.6 Å². The van der Waals surface area contributed by atoms with Gasteiger partial charge in [0.05, 0.1) is 9.26 Å². The van der Waals surface area contributed by atoms with E-state index in [9.17, 15) is 0 Å². The Labute approximate surface area is 131 Å². The fourth-order valence-electron chi connectivity index (χ4n) is 1.66. The first kappa shape index (κ1) is 14.6. The van der Waals surface area contributed by atoms with Crippen molar-refractivity contribution in [3.05, 3.63) is 20.8 Å². The number of rotatable bonds is 3. The average molecular weight is 388 g/mol. The minimum Gasteiger partial charge on any atom is -0.369 e. The van der Waals surface area contributed by atoms with Crippen LogP contribution in [0.5, 0.6) is 0 Å². The zero-order valence-corrected chi connectivity index (χ0v) is 14.5. The quantitative estimate of drug-likeness (QED) is 0.810. The largest absolute Gasteiger partial charge is 0.369 e. The maximum absolute atomic E-state index is 4.72. The Bertz CT molecular complexity index is 561. The van der Waals surface area contributed by atoms with Gasteiger partial charge >= 0.3 is 0 Å². The summed E-state index contributed by atoms with van der Waals surface area (Å²) in [6, 6.07) is 0. The van der Waals surface area contributed by atoms with Crippen LogP contribution in [-0.4, -0.2) is 21.5 Å². The van der Waals surface area contributed by atoms with Crippen molar-refractivity contribution >= 4 is 39.7 Å². The normalized spacial score (nSPS) is 11.6. The van der Waals surface area contributed by atoms with Gasteiger partial charge in [-0.1, -0.05) is 20.8 Å². The zero-order chi connectivity index (χ0) is 14.0. The van der Waals surface area contributed by atoms with Crippen molar-refractivity contribution in [2.45, 2.75) is 33.1 Å². The molecule has 2 aromatic heterocycles. The summed E-state index contributed by atoms with van der Waals surface area (Å²) in [5, 5.41) is 6.12. The van der Waals surface area contributed by atoms with E-state index >= 15 is 0 Å². The van der Waals surface area contributed by atoms with Crippen LogP contribution in [0.15, 0.2) is 11.6 Å². The molecular weight excluding hydrogens is 371 g/mol. The third-order valence-electron chi connectivity index (χ3n) is 2.53. The molecule has 4 nitrogen and oxygen atoms in total. The molecule has 0 amide bonds. The van der Waals surface area contributed by atoms with Crippen molar-refractivity contribution in [3.63, 3.8) is 0 Å². The minimum absolute atomic E-state index is 0.0182. The lowest BCUT2D eigenvalue weighted by Gasteiger charge is -2.21. The second-order valence-electron chi connectivity index (χ2n) is 5.18. The summed E-state index contributed by atoms with van der Waals surface area (Å²) in [6.45, 7) is 9.41. The number of halogens is 1. The van der Waals surface area contributed by atoms with E-state index in [2.05, 4.69) is 65.6 Å². The molecule has 0 unspecified atom stereocenters. The summed E-state index contributed by atoms with van der Waals surface area (Å²) in [7, 11) is 0. The molecule has 2 rings (SSSR count). The predicted octanol–water partition coefficient (Wildman–Crippen LogP) is 3.93. The molecule has 0 saturated carbocycles. The van der Waals surface area contributed by atoms with Crippen molar-refractivity contribution in [3.8, 4) is 10.8 Å². The Hall–Kier alpha value is -0.760. The zero-order valence-electron chi connectivity index (χ0n) is 11.5. The summed E-state index contributed by atoms with van der Waals surface area (Å²) in [4.78, 5) is 13.6. The summed E-state index contributed by atoms with van der Waals surface area (Å²) in [5.41, 5.74) is 1.04. The van der Waals surface area contributed by atoms with Gasteiger partial charge in [-0.15, -0.1) is 11.3 Å². The fourth-order valence-corrected chi connectivity index (χ4v) is 3.47. The second-order valence-corrected chi connectivity index (χ2v) is 7.15. The van der Waals surface area contributed by atoms with Crippen molar-refractivity contribution in [2.24, 2.45) is 0 Å². The molecule has 2 heterocycles.